The van der Waals surface area contributed by atoms with Crippen LogP contribution in [0.1, 0.15) is 12.8 Å². The maximum Gasteiger partial charge on any atom is 0.269 e. The van der Waals surface area contributed by atoms with E-state index >= 15 is 0 Å². The summed E-state index contributed by atoms with van der Waals surface area (Å²) in [6.07, 6.45) is 1.39. The molecule has 0 aromatic heterocycles. The molecule has 2 aromatic rings. The largest absolute Gasteiger partial charge is 0.399 e. The molecule has 4 rings (SSSR count). The van der Waals surface area contributed by atoms with Gasteiger partial charge in [0.25, 0.3) is 5.69 Å². The fourth-order valence-corrected chi connectivity index (χ4v) is 4.39. The Morgan fingerprint density at radius 2 is 1.37 bits per heavy atom. The van der Waals surface area contributed by atoms with Crippen molar-refractivity contribution in [3.8, 4) is 0 Å². The molecule has 0 amide bonds. The Hall–Kier alpha value is -2.84. The lowest BCUT2D eigenvalue weighted by atomic mass is 9.90. The smallest absolute Gasteiger partial charge is 0.269 e. The average molecular weight is 412 g/mol. The molecule has 0 saturated carbocycles. The van der Waals surface area contributed by atoms with Gasteiger partial charge in [0, 0.05) is 75.0 Å². The first kappa shape index (κ1) is 20.4. The monoisotopic (exact) mass is 411 g/mol. The lowest BCUT2D eigenvalue weighted by Gasteiger charge is -2.44. The Balaban J connectivity index is 1.27. The van der Waals surface area contributed by atoms with Crippen LogP contribution in [0.5, 0.6) is 0 Å². The Bertz CT molecular complexity index is 855. The van der Waals surface area contributed by atoms with Gasteiger partial charge in [-0.1, -0.05) is 0 Å². The van der Waals surface area contributed by atoms with E-state index in [1.807, 2.05) is 12.1 Å². The number of hydrogen-bond donors (Lipinski definition) is 2. The summed E-state index contributed by atoms with van der Waals surface area (Å²) in [6, 6.07) is 14.6. The van der Waals surface area contributed by atoms with Gasteiger partial charge in [-0.15, -0.1) is 0 Å². The number of β-amino-alcohol motifs (C(OH)–C–C–N with tert-alkyl or cyclic N) is 1. The van der Waals surface area contributed by atoms with Crippen molar-refractivity contribution in [3.63, 3.8) is 0 Å². The molecular formula is C22H29N5O3. The topological polar surface area (TPSA) is 99.1 Å². The minimum Gasteiger partial charge on any atom is -0.399 e. The number of nitrogens with zero attached hydrogens (tertiary/aromatic N) is 4. The normalized spacial score (nSPS) is 19.6. The molecule has 2 heterocycles. The second-order valence-electron chi connectivity index (χ2n) is 8.34. The van der Waals surface area contributed by atoms with Crippen LogP contribution in [-0.4, -0.2) is 66.3 Å². The molecule has 160 valence electrons. The van der Waals surface area contributed by atoms with Gasteiger partial charge in [0.2, 0.25) is 0 Å². The number of nitro groups is 1. The molecule has 30 heavy (non-hydrogen) atoms. The van der Waals surface area contributed by atoms with Crippen molar-refractivity contribution in [3.05, 3.63) is 58.6 Å². The number of nitrogens with two attached hydrogens (primary N) is 1. The van der Waals surface area contributed by atoms with E-state index in [0.29, 0.717) is 19.4 Å². The number of nitrogen functional groups attached to an aromatic ring is 1. The van der Waals surface area contributed by atoms with Crippen LogP contribution in [0.3, 0.4) is 0 Å². The highest BCUT2D eigenvalue weighted by molar-refractivity contribution is 5.53. The molecule has 0 atom stereocenters. The van der Waals surface area contributed by atoms with Gasteiger partial charge in [-0.3, -0.25) is 15.0 Å². The first-order chi connectivity index (χ1) is 14.4. The van der Waals surface area contributed by atoms with Crippen LogP contribution < -0.4 is 15.5 Å². The van der Waals surface area contributed by atoms with Gasteiger partial charge in [-0.25, -0.2) is 0 Å². The molecule has 0 bridgehead atoms. The highest BCUT2D eigenvalue weighted by Crippen LogP contribution is 2.29. The SMILES string of the molecule is Nc1ccc(N2CCN(CC3(O)CCN(c4ccc([N+](=O)[O-])cc4)CC3)CC2)cc1. The van der Waals surface area contributed by atoms with E-state index in [9.17, 15) is 15.2 Å². The number of non-ortho nitro benzene ring substituents is 1. The quantitative estimate of drug-likeness (QED) is 0.443. The van der Waals surface area contributed by atoms with Gasteiger partial charge in [-0.2, -0.15) is 0 Å². The van der Waals surface area contributed by atoms with Gasteiger partial charge in [0.05, 0.1) is 10.5 Å². The zero-order valence-electron chi connectivity index (χ0n) is 17.1. The summed E-state index contributed by atoms with van der Waals surface area (Å²) < 4.78 is 0. The van der Waals surface area contributed by atoms with Gasteiger partial charge >= 0.3 is 0 Å². The van der Waals surface area contributed by atoms with E-state index in [1.54, 1.807) is 12.1 Å². The van der Waals surface area contributed by atoms with Gasteiger partial charge in [-0.05, 0) is 49.2 Å². The highest BCUT2D eigenvalue weighted by Gasteiger charge is 2.35. The second kappa shape index (κ2) is 8.49. The average Bonchev–Trinajstić information content (AvgIpc) is 2.75. The van der Waals surface area contributed by atoms with Crippen molar-refractivity contribution >= 4 is 22.7 Å². The van der Waals surface area contributed by atoms with Crippen molar-refractivity contribution in [1.29, 1.82) is 0 Å². The van der Waals surface area contributed by atoms with Gasteiger partial charge in [0.1, 0.15) is 0 Å². The summed E-state index contributed by atoms with van der Waals surface area (Å²) in [5, 5.41) is 22.0. The molecule has 2 aliphatic heterocycles. The molecule has 2 aliphatic rings. The summed E-state index contributed by atoms with van der Waals surface area (Å²) in [5.74, 6) is 0. The van der Waals surface area contributed by atoms with Crippen LogP contribution in [-0.2, 0) is 0 Å². The van der Waals surface area contributed by atoms with Gasteiger partial charge in [0.15, 0.2) is 0 Å². The molecule has 2 fully saturated rings. The lowest BCUT2D eigenvalue weighted by Crippen LogP contribution is -2.55. The summed E-state index contributed by atoms with van der Waals surface area (Å²) >= 11 is 0. The highest BCUT2D eigenvalue weighted by atomic mass is 16.6. The molecular weight excluding hydrogens is 382 g/mol. The molecule has 0 spiro atoms. The summed E-state index contributed by atoms with van der Waals surface area (Å²) in [4.78, 5) is 17.3. The maximum absolute atomic E-state index is 11.1. The zero-order chi connectivity index (χ0) is 21.1. The summed E-state index contributed by atoms with van der Waals surface area (Å²) in [5.41, 5.74) is 8.14. The Morgan fingerprint density at radius 3 is 1.90 bits per heavy atom. The molecule has 2 saturated heterocycles. The number of hydrogen-bond acceptors (Lipinski definition) is 7. The van der Waals surface area contributed by atoms with Crippen LogP contribution in [0.4, 0.5) is 22.7 Å². The van der Waals surface area contributed by atoms with E-state index < -0.39 is 5.60 Å². The van der Waals surface area contributed by atoms with E-state index in [-0.39, 0.29) is 10.6 Å². The third-order valence-electron chi connectivity index (χ3n) is 6.27. The first-order valence-corrected chi connectivity index (χ1v) is 10.5. The van der Waals surface area contributed by atoms with Crippen molar-refractivity contribution in [2.24, 2.45) is 0 Å². The molecule has 0 aliphatic carbocycles. The molecule has 2 aromatic carbocycles. The fraction of sp³-hybridized carbons (Fsp3) is 0.455. The number of benzene rings is 2. The van der Waals surface area contributed by atoms with Crippen molar-refractivity contribution in [1.82, 2.24) is 4.90 Å². The third kappa shape index (κ3) is 4.66. The zero-order valence-corrected chi connectivity index (χ0v) is 17.1. The number of rotatable bonds is 5. The number of nitro benzene ring substituents is 1. The predicted molar refractivity (Wildman–Crippen MR) is 119 cm³/mol. The Labute approximate surface area is 176 Å². The standard InChI is InChI=1S/C22H29N5O3/c23-18-1-3-19(4-2-18)26-15-13-24(14-16-26)17-22(28)9-11-25(12-10-22)20-5-7-21(8-6-20)27(29)30/h1-8,28H,9-17,23H2. The molecule has 8 heteroatoms. The van der Waals surface area contributed by atoms with Gasteiger partial charge < -0.3 is 20.6 Å². The molecule has 0 unspecified atom stereocenters. The van der Waals surface area contributed by atoms with E-state index in [1.165, 1.54) is 17.8 Å². The van der Waals surface area contributed by atoms with Crippen LogP contribution >= 0.6 is 0 Å². The summed E-state index contributed by atoms with van der Waals surface area (Å²) in [6.45, 7) is 5.93. The number of piperazine rings is 1. The number of aliphatic hydroxyl groups is 1. The van der Waals surface area contributed by atoms with Crippen LogP contribution in [0.2, 0.25) is 0 Å². The number of piperidine rings is 1. The minimum absolute atomic E-state index is 0.102. The van der Waals surface area contributed by atoms with E-state index in [4.69, 9.17) is 5.73 Å². The fourth-order valence-electron chi connectivity index (χ4n) is 4.39. The van der Waals surface area contributed by atoms with Crippen LogP contribution in [0.15, 0.2) is 48.5 Å². The van der Waals surface area contributed by atoms with Crippen molar-refractivity contribution in [2.75, 3.05) is 61.3 Å². The van der Waals surface area contributed by atoms with Crippen molar-refractivity contribution < 1.29 is 10.0 Å². The van der Waals surface area contributed by atoms with Crippen LogP contribution in [0, 0.1) is 10.1 Å². The first-order valence-electron chi connectivity index (χ1n) is 10.5. The predicted octanol–water partition coefficient (Wildman–Crippen LogP) is 2.33. The van der Waals surface area contributed by atoms with Crippen molar-refractivity contribution in [2.45, 2.75) is 18.4 Å². The number of anilines is 3. The molecule has 3 N–H and O–H groups in total. The Morgan fingerprint density at radius 1 is 0.867 bits per heavy atom. The van der Waals surface area contributed by atoms with E-state index in [2.05, 4.69) is 26.8 Å². The third-order valence-corrected chi connectivity index (χ3v) is 6.27. The Kier molecular flexibility index (Phi) is 5.78. The summed E-state index contributed by atoms with van der Waals surface area (Å²) in [7, 11) is 0. The molecule has 8 nitrogen and oxygen atoms in total. The second-order valence-corrected chi connectivity index (χ2v) is 8.34. The van der Waals surface area contributed by atoms with E-state index in [0.717, 1.165) is 50.6 Å². The van der Waals surface area contributed by atoms with Crippen LogP contribution in [0.25, 0.3) is 0 Å². The lowest BCUT2D eigenvalue weighted by molar-refractivity contribution is -0.384. The minimum atomic E-state index is -0.680. The maximum atomic E-state index is 11.1. The molecule has 0 radical (unpaired) electrons.